The van der Waals surface area contributed by atoms with Crippen molar-refractivity contribution in [1.29, 1.82) is 0 Å². The molecule has 34 heavy (non-hydrogen) atoms. The van der Waals surface area contributed by atoms with Crippen LogP contribution >= 0.6 is 0 Å². The van der Waals surface area contributed by atoms with E-state index in [1.54, 1.807) is 0 Å². The molecule has 0 amide bonds. The van der Waals surface area contributed by atoms with Crippen molar-refractivity contribution in [3.8, 4) is 17.1 Å². The van der Waals surface area contributed by atoms with E-state index in [0.29, 0.717) is 28.6 Å². The quantitative estimate of drug-likeness (QED) is 0.305. The van der Waals surface area contributed by atoms with Gasteiger partial charge in [-0.2, -0.15) is 0 Å². The number of aliphatic hydroxyl groups excluding tert-OH is 1. The number of benzene rings is 3. The van der Waals surface area contributed by atoms with Crippen molar-refractivity contribution in [2.45, 2.75) is 19.6 Å². The van der Waals surface area contributed by atoms with E-state index in [9.17, 15) is 5.11 Å². The Morgan fingerprint density at radius 2 is 1.68 bits per heavy atom. The first-order chi connectivity index (χ1) is 16.7. The van der Waals surface area contributed by atoms with Crippen molar-refractivity contribution in [1.82, 2.24) is 19.9 Å². The van der Waals surface area contributed by atoms with E-state index in [0.717, 1.165) is 22.4 Å². The van der Waals surface area contributed by atoms with Gasteiger partial charge in [-0.3, -0.25) is 0 Å². The number of nitrogens with zero attached hydrogens (tertiary/aromatic N) is 3. The first-order valence-electron chi connectivity index (χ1n) is 11.1. The average molecular weight is 452 g/mol. The number of fused-ring (bicyclic) bond motifs is 1. The minimum Gasteiger partial charge on any atom is -0.486 e. The number of ether oxygens (including phenoxy) is 1. The molecule has 0 aliphatic rings. The summed E-state index contributed by atoms with van der Waals surface area (Å²) in [6.45, 7) is 2.20. The first kappa shape index (κ1) is 21.6. The van der Waals surface area contributed by atoms with E-state index in [2.05, 4.69) is 15.3 Å². The standard InChI is InChI=1S/C27H25N5O2/c1-18-9-8-14-21(15-18)34-17-23-29-24-26(28-22(16-33)19-10-4-2-5-11-19)31-25(32-27(24)30-23)20-12-6-3-7-13-20/h2-15,22,33H,16-17H2,1H3,(H2,28,29,30,31,32)/t22-/m1/s1. The van der Waals surface area contributed by atoms with Crippen LogP contribution in [0.1, 0.15) is 23.0 Å². The molecule has 2 heterocycles. The summed E-state index contributed by atoms with van der Waals surface area (Å²) in [5.74, 6) is 2.54. The number of aliphatic hydroxyl groups is 1. The van der Waals surface area contributed by atoms with Crippen LogP contribution < -0.4 is 10.1 Å². The van der Waals surface area contributed by atoms with Crippen molar-refractivity contribution in [3.63, 3.8) is 0 Å². The van der Waals surface area contributed by atoms with Gasteiger partial charge in [0.2, 0.25) is 0 Å². The SMILES string of the molecule is Cc1cccc(OCc2nc3nc(-c4ccccc4)nc(N[C@H](CO)c4ccccc4)c3[nH]2)c1. The largest absolute Gasteiger partial charge is 0.486 e. The highest BCUT2D eigenvalue weighted by Gasteiger charge is 2.18. The Kier molecular flexibility index (Phi) is 6.18. The van der Waals surface area contributed by atoms with Gasteiger partial charge in [0.25, 0.3) is 0 Å². The van der Waals surface area contributed by atoms with Gasteiger partial charge >= 0.3 is 0 Å². The van der Waals surface area contributed by atoms with Gasteiger partial charge in [0.15, 0.2) is 17.3 Å². The number of rotatable bonds is 8. The molecule has 7 heteroatoms. The molecule has 0 saturated heterocycles. The Bertz CT molecular complexity index is 1390. The summed E-state index contributed by atoms with van der Waals surface area (Å²) >= 11 is 0. The monoisotopic (exact) mass is 451 g/mol. The maximum Gasteiger partial charge on any atom is 0.183 e. The molecule has 0 saturated carbocycles. The summed E-state index contributed by atoms with van der Waals surface area (Å²) < 4.78 is 5.93. The smallest absolute Gasteiger partial charge is 0.183 e. The summed E-state index contributed by atoms with van der Waals surface area (Å²) in [5.41, 5.74) is 4.16. The van der Waals surface area contributed by atoms with Crippen LogP contribution in [0.4, 0.5) is 5.82 Å². The fourth-order valence-corrected chi connectivity index (χ4v) is 3.78. The molecular weight excluding hydrogens is 426 g/mol. The van der Waals surface area contributed by atoms with Gasteiger partial charge in [0.05, 0.1) is 12.6 Å². The minimum absolute atomic E-state index is 0.0896. The van der Waals surface area contributed by atoms with Gasteiger partial charge in [0.1, 0.15) is 23.7 Å². The van der Waals surface area contributed by atoms with E-state index >= 15 is 0 Å². The minimum atomic E-state index is -0.335. The molecule has 3 N–H and O–H groups in total. The maximum absolute atomic E-state index is 10.1. The Morgan fingerprint density at radius 1 is 0.912 bits per heavy atom. The lowest BCUT2D eigenvalue weighted by Gasteiger charge is -2.18. The molecule has 0 spiro atoms. The number of hydrogen-bond donors (Lipinski definition) is 3. The highest BCUT2D eigenvalue weighted by molar-refractivity contribution is 5.85. The molecule has 5 aromatic rings. The van der Waals surface area contributed by atoms with Crippen LogP contribution in [-0.4, -0.2) is 31.6 Å². The number of hydrogen-bond acceptors (Lipinski definition) is 6. The molecule has 2 aromatic heterocycles. The van der Waals surface area contributed by atoms with E-state index in [1.807, 2.05) is 91.9 Å². The molecule has 3 aromatic carbocycles. The highest BCUT2D eigenvalue weighted by Crippen LogP contribution is 2.27. The van der Waals surface area contributed by atoms with Crippen LogP contribution in [0.2, 0.25) is 0 Å². The molecule has 0 fully saturated rings. The summed E-state index contributed by atoms with van der Waals surface area (Å²) in [4.78, 5) is 17.4. The Morgan fingerprint density at radius 3 is 2.41 bits per heavy atom. The van der Waals surface area contributed by atoms with Crippen LogP contribution in [0.15, 0.2) is 84.9 Å². The van der Waals surface area contributed by atoms with E-state index < -0.39 is 0 Å². The fraction of sp³-hybridized carbons (Fsp3) is 0.148. The second kappa shape index (κ2) is 9.72. The van der Waals surface area contributed by atoms with Crippen molar-refractivity contribution < 1.29 is 9.84 Å². The molecule has 0 bridgehead atoms. The maximum atomic E-state index is 10.1. The van der Waals surface area contributed by atoms with Crippen LogP contribution in [0.25, 0.3) is 22.6 Å². The topological polar surface area (TPSA) is 96.0 Å². The van der Waals surface area contributed by atoms with Gasteiger partial charge in [-0.05, 0) is 30.2 Å². The molecular formula is C27H25N5O2. The third kappa shape index (κ3) is 4.74. The normalized spacial score (nSPS) is 11.9. The van der Waals surface area contributed by atoms with Crippen LogP contribution in [0.3, 0.4) is 0 Å². The van der Waals surface area contributed by atoms with Crippen molar-refractivity contribution >= 4 is 17.0 Å². The zero-order valence-electron chi connectivity index (χ0n) is 18.8. The Labute approximate surface area is 197 Å². The predicted molar refractivity (Wildman–Crippen MR) is 133 cm³/mol. The molecule has 0 aliphatic heterocycles. The molecule has 170 valence electrons. The van der Waals surface area contributed by atoms with Gasteiger partial charge in [-0.1, -0.05) is 72.8 Å². The van der Waals surface area contributed by atoms with Crippen molar-refractivity contribution in [2.75, 3.05) is 11.9 Å². The van der Waals surface area contributed by atoms with Gasteiger partial charge in [0, 0.05) is 5.56 Å². The third-order valence-corrected chi connectivity index (χ3v) is 5.49. The molecule has 0 radical (unpaired) electrons. The van der Waals surface area contributed by atoms with Gasteiger partial charge < -0.3 is 20.1 Å². The van der Waals surface area contributed by atoms with Crippen molar-refractivity contribution in [3.05, 3.63) is 102 Å². The fourth-order valence-electron chi connectivity index (χ4n) is 3.78. The summed E-state index contributed by atoms with van der Waals surface area (Å²) in [5, 5.41) is 13.5. The second-order valence-corrected chi connectivity index (χ2v) is 8.04. The van der Waals surface area contributed by atoms with E-state index in [-0.39, 0.29) is 19.3 Å². The number of nitrogens with one attached hydrogen (secondary N) is 2. The average Bonchev–Trinajstić information content (AvgIpc) is 3.30. The lowest BCUT2D eigenvalue weighted by atomic mass is 10.1. The molecule has 5 rings (SSSR count). The first-order valence-corrected chi connectivity index (χ1v) is 11.1. The number of H-pyrrole nitrogens is 1. The lowest BCUT2D eigenvalue weighted by molar-refractivity contribution is 0.276. The number of anilines is 1. The number of aryl methyl sites for hydroxylation is 1. The summed E-state index contributed by atoms with van der Waals surface area (Å²) in [6.07, 6.45) is 0. The van der Waals surface area contributed by atoms with Crippen LogP contribution in [0, 0.1) is 6.92 Å². The van der Waals surface area contributed by atoms with Crippen LogP contribution in [-0.2, 0) is 6.61 Å². The zero-order chi connectivity index (χ0) is 23.3. The second-order valence-electron chi connectivity index (χ2n) is 8.04. The van der Waals surface area contributed by atoms with Crippen molar-refractivity contribution in [2.24, 2.45) is 0 Å². The van der Waals surface area contributed by atoms with Gasteiger partial charge in [-0.15, -0.1) is 0 Å². The highest BCUT2D eigenvalue weighted by atomic mass is 16.5. The number of imidazole rings is 1. The number of aromatic nitrogens is 4. The summed E-state index contributed by atoms with van der Waals surface area (Å²) in [7, 11) is 0. The summed E-state index contributed by atoms with van der Waals surface area (Å²) in [6, 6.07) is 27.1. The predicted octanol–water partition coefficient (Wildman–Crippen LogP) is 5.05. The van der Waals surface area contributed by atoms with E-state index in [1.165, 1.54) is 0 Å². The molecule has 1 atom stereocenters. The van der Waals surface area contributed by atoms with Crippen LogP contribution in [0.5, 0.6) is 5.75 Å². The Balaban J connectivity index is 1.51. The number of aromatic amines is 1. The Hall–Kier alpha value is -4.23. The van der Waals surface area contributed by atoms with Gasteiger partial charge in [-0.25, -0.2) is 15.0 Å². The zero-order valence-corrected chi connectivity index (χ0v) is 18.8. The van der Waals surface area contributed by atoms with E-state index in [4.69, 9.17) is 14.7 Å². The molecule has 7 nitrogen and oxygen atoms in total. The lowest BCUT2D eigenvalue weighted by Crippen LogP contribution is -2.16. The third-order valence-electron chi connectivity index (χ3n) is 5.49. The molecule has 0 aliphatic carbocycles. The molecule has 0 unspecified atom stereocenters.